The Balaban J connectivity index is 3.03. The molecule has 0 N–H and O–H groups in total. The first-order valence-electron chi connectivity index (χ1n) is 4.83. The van der Waals surface area contributed by atoms with Crippen molar-refractivity contribution in [3.05, 3.63) is 33.9 Å². The Bertz CT molecular complexity index is 434. The van der Waals surface area contributed by atoms with E-state index in [0.717, 1.165) is 6.07 Å². The predicted octanol–water partition coefficient (Wildman–Crippen LogP) is 2.64. The van der Waals surface area contributed by atoms with Crippen LogP contribution in [-0.4, -0.2) is 25.2 Å². The molecule has 0 radical (unpaired) electrons. The Labute approximate surface area is 100 Å². The maximum atomic E-state index is 12.5. The van der Waals surface area contributed by atoms with Crippen LogP contribution in [0.15, 0.2) is 18.2 Å². The van der Waals surface area contributed by atoms with E-state index in [-0.39, 0.29) is 19.0 Å². The van der Waals surface area contributed by atoms with Gasteiger partial charge in [0.15, 0.2) is 0 Å². The fourth-order valence-electron chi connectivity index (χ4n) is 1.18. The smallest absolute Gasteiger partial charge is 0.416 e. The van der Waals surface area contributed by atoms with Gasteiger partial charge in [-0.3, -0.25) is 10.1 Å². The lowest BCUT2D eigenvalue weighted by atomic mass is 10.2. The van der Waals surface area contributed by atoms with Gasteiger partial charge in [-0.25, -0.2) is 0 Å². The average molecular weight is 265 g/mol. The van der Waals surface area contributed by atoms with E-state index in [1.165, 1.54) is 7.11 Å². The summed E-state index contributed by atoms with van der Waals surface area (Å²) in [5.74, 6) is -0.214. The number of hydrogen-bond donors (Lipinski definition) is 0. The lowest BCUT2D eigenvalue weighted by Crippen LogP contribution is -2.08. The maximum absolute atomic E-state index is 12.5. The Morgan fingerprint density at radius 1 is 1.28 bits per heavy atom. The van der Waals surface area contributed by atoms with Crippen LogP contribution in [0.2, 0.25) is 0 Å². The van der Waals surface area contributed by atoms with Crippen molar-refractivity contribution in [3.8, 4) is 5.75 Å². The second-order valence-electron chi connectivity index (χ2n) is 3.31. The number of nitrogens with zero attached hydrogens (tertiary/aromatic N) is 1. The first-order valence-corrected chi connectivity index (χ1v) is 4.83. The summed E-state index contributed by atoms with van der Waals surface area (Å²) in [6, 6.07) is 2.11. The number of halogens is 3. The van der Waals surface area contributed by atoms with Crippen LogP contribution in [-0.2, 0) is 10.9 Å². The Hall–Kier alpha value is -1.83. The van der Waals surface area contributed by atoms with Crippen LogP contribution in [0, 0.1) is 10.1 Å². The summed E-state index contributed by atoms with van der Waals surface area (Å²) in [5, 5.41) is 10.5. The van der Waals surface area contributed by atoms with Crippen LogP contribution >= 0.6 is 0 Å². The number of benzene rings is 1. The van der Waals surface area contributed by atoms with Crippen LogP contribution in [0.5, 0.6) is 5.75 Å². The molecule has 100 valence electrons. The van der Waals surface area contributed by atoms with Crippen molar-refractivity contribution in [1.82, 2.24) is 0 Å². The SMILES string of the molecule is COCCOc1cc([N+](=O)[O-])cc(C(F)(F)F)c1. The molecule has 18 heavy (non-hydrogen) atoms. The molecule has 0 saturated carbocycles. The van der Waals surface area contributed by atoms with Gasteiger partial charge in [-0.1, -0.05) is 0 Å². The molecule has 1 rings (SSSR count). The number of ether oxygens (including phenoxy) is 2. The van der Waals surface area contributed by atoms with E-state index >= 15 is 0 Å². The zero-order chi connectivity index (χ0) is 13.8. The third kappa shape index (κ3) is 3.88. The summed E-state index contributed by atoms with van der Waals surface area (Å²) in [4.78, 5) is 9.62. The van der Waals surface area contributed by atoms with Gasteiger partial charge in [0.1, 0.15) is 12.4 Å². The van der Waals surface area contributed by atoms with Crippen molar-refractivity contribution < 1.29 is 27.6 Å². The Morgan fingerprint density at radius 2 is 1.94 bits per heavy atom. The van der Waals surface area contributed by atoms with Gasteiger partial charge >= 0.3 is 6.18 Å². The van der Waals surface area contributed by atoms with Gasteiger partial charge in [0.05, 0.1) is 23.2 Å². The van der Waals surface area contributed by atoms with Crippen LogP contribution in [0.1, 0.15) is 5.56 Å². The van der Waals surface area contributed by atoms with Gasteiger partial charge in [0.25, 0.3) is 5.69 Å². The van der Waals surface area contributed by atoms with Crippen molar-refractivity contribution in [2.75, 3.05) is 20.3 Å². The fourth-order valence-corrected chi connectivity index (χ4v) is 1.18. The Kier molecular flexibility index (Phi) is 4.49. The van der Waals surface area contributed by atoms with Crippen molar-refractivity contribution in [2.24, 2.45) is 0 Å². The van der Waals surface area contributed by atoms with Crippen LogP contribution in [0.3, 0.4) is 0 Å². The minimum atomic E-state index is -4.66. The molecule has 0 aliphatic rings. The Morgan fingerprint density at radius 3 is 2.44 bits per heavy atom. The monoisotopic (exact) mass is 265 g/mol. The summed E-state index contributed by atoms with van der Waals surface area (Å²) >= 11 is 0. The molecule has 8 heteroatoms. The molecular weight excluding hydrogens is 255 g/mol. The van der Waals surface area contributed by atoms with Gasteiger partial charge in [0, 0.05) is 13.2 Å². The second kappa shape index (κ2) is 5.67. The second-order valence-corrected chi connectivity index (χ2v) is 3.31. The zero-order valence-electron chi connectivity index (χ0n) is 9.36. The van der Waals surface area contributed by atoms with Gasteiger partial charge in [0.2, 0.25) is 0 Å². The van der Waals surface area contributed by atoms with E-state index in [0.29, 0.717) is 12.1 Å². The first kappa shape index (κ1) is 14.2. The number of methoxy groups -OCH3 is 1. The van der Waals surface area contributed by atoms with Crippen molar-refractivity contribution in [2.45, 2.75) is 6.18 Å². The number of alkyl halides is 3. The van der Waals surface area contributed by atoms with E-state index in [9.17, 15) is 23.3 Å². The van der Waals surface area contributed by atoms with Crippen LogP contribution in [0.25, 0.3) is 0 Å². The molecule has 0 bridgehead atoms. The van der Waals surface area contributed by atoms with Crippen molar-refractivity contribution in [3.63, 3.8) is 0 Å². The zero-order valence-corrected chi connectivity index (χ0v) is 9.36. The minimum absolute atomic E-state index is 0.00889. The molecular formula is C10H10F3NO4. The van der Waals surface area contributed by atoms with E-state index in [1.54, 1.807) is 0 Å². The van der Waals surface area contributed by atoms with Crippen molar-refractivity contribution >= 4 is 5.69 Å². The molecule has 0 amide bonds. The highest BCUT2D eigenvalue weighted by molar-refractivity contribution is 5.43. The highest BCUT2D eigenvalue weighted by Crippen LogP contribution is 2.34. The lowest BCUT2D eigenvalue weighted by molar-refractivity contribution is -0.385. The largest absolute Gasteiger partial charge is 0.491 e. The van der Waals surface area contributed by atoms with Crippen LogP contribution in [0.4, 0.5) is 18.9 Å². The molecule has 5 nitrogen and oxygen atoms in total. The number of nitro benzene ring substituents is 1. The molecule has 0 heterocycles. The molecule has 0 fully saturated rings. The standard InChI is InChI=1S/C10H10F3NO4/c1-17-2-3-18-9-5-7(10(11,12)13)4-8(6-9)14(15)16/h4-6H,2-3H2,1H3. The third-order valence-electron chi connectivity index (χ3n) is 1.99. The molecule has 1 aromatic rings. The van der Waals surface area contributed by atoms with E-state index < -0.39 is 22.4 Å². The quantitative estimate of drug-likeness (QED) is 0.466. The number of nitro groups is 1. The lowest BCUT2D eigenvalue weighted by Gasteiger charge is -2.10. The molecule has 0 aromatic heterocycles. The molecule has 0 saturated heterocycles. The molecule has 0 spiro atoms. The summed E-state index contributed by atoms with van der Waals surface area (Å²) in [5.41, 5.74) is -1.79. The highest BCUT2D eigenvalue weighted by Gasteiger charge is 2.33. The summed E-state index contributed by atoms with van der Waals surface area (Å²) in [7, 11) is 1.40. The maximum Gasteiger partial charge on any atom is 0.416 e. The topological polar surface area (TPSA) is 61.6 Å². The molecule has 0 aliphatic carbocycles. The van der Waals surface area contributed by atoms with Crippen LogP contribution < -0.4 is 4.74 Å². The van der Waals surface area contributed by atoms with E-state index in [2.05, 4.69) is 4.74 Å². The fraction of sp³-hybridized carbons (Fsp3) is 0.400. The first-order chi connectivity index (χ1) is 8.34. The highest BCUT2D eigenvalue weighted by atomic mass is 19.4. The third-order valence-corrected chi connectivity index (χ3v) is 1.99. The van der Waals surface area contributed by atoms with Crippen molar-refractivity contribution in [1.29, 1.82) is 0 Å². The van der Waals surface area contributed by atoms with Gasteiger partial charge < -0.3 is 9.47 Å². The predicted molar refractivity (Wildman–Crippen MR) is 55.5 cm³/mol. The summed E-state index contributed by atoms with van der Waals surface area (Å²) in [6.07, 6.45) is -4.66. The number of non-ortho nitro benzene ring substituents is 1. The summed E-state index contributed by atoms with van der Waals surface area (Å²) in [6.45, 7) is 0.180. The van der Waals surface area contributed by atoms with Gasteiger partial charge in [-0.15, -0.1) is 0 Å². The molecule has 0 aliphatic heterocycles. The van der Waals surface area contributed by atoms with E-state index in [4.69, 9.17) is 4.74 Å². The molecule has 0 atom stereocenters. The van der Waals surface area contributed by atoms with Gasteiger partial charge in [-0.2, -0.15) is 13.2 Å². The van der Waals surface area contributed by atoms with Gasteiger partial charge in [-0.05, 0) is 6.07 Å². The van der Waals surface area contributed by atoms with E-state index in [1.807, 2.05) is 0 Å². The number of hydrogen-bond acceptors (Lipinski definition) is 4. The normalized spacial score (nSPS) is 11.3. The average Bonchev–Trinajstić information content (AvgIpc) is 2.28. The summed E-state index contributed by atoms with van der Waals surface area (Å²) < 4.78 is 47.1. The number of rotatable bonds is 5. The minimum Gasteiger partial charge on any atom is -0.491 e. The molecule has 0 unspecified atom stereocenters. The molecule has 1 aromatic carbocycles.